The van der Waals surface area contributed by atoms with Gasteiger partial charge in [-0.15, -0.1) is 0 Å². The maximum atomic E-state index is 13.5. The van der Waals surface area contributed by atoms with Crippen molar-refractivity contribution in [1.82, 2.24) is 9.62 Å². The van der Waals surface area contributed by atoms with E-state index in [0.717, 1.165) is 33.1 Å². The molecule has 2 aromatic rings. The van der Waals surface area contributed by atoms with Crippen molar-refractivity contribution < 1.29 is 35.1 Å². The molecule has 9 nitrogen and oxygen atoms in total. The van der Waals surface area contributed by atoms with E-state index >= 15 is 0 Å². The molecule has 0 atom stereocenters. The number of benzene rings is 2. The van der Waals surface area contributed by atoms with Crippen LogP contribution in [0, 0.1) is 11.6 Å². The summed E-state index contributed by atoms with van der Waals surface area (Å²) in [6, 6.07) is 8.64. The van der Waals surface area contributed by atoms with Crippen molar-refractivity contribution >= 4 is 31.6 Å². The second-order valence-corrected chi connectivity index (χ2v) is 11.6. The van der Waals surface area contributed by atoms with Crippen molar-refractivity contribution in [2.75, 3.05) is 44.4 Å². The lowest BCUT2D eigenvalue weighted by Crippen LogP contribution is -2.33. The molecular formula is C21H27F2N3O6S2. The van der Waals surface area contributed by atoms with Gasteiger partial charge in [-0.05, 0) is 42.8 Å². The summed E-state index contributed by atoms with van der Waals surface area (Å²) in [7, 11) is -4.43. The first kappa shape index (κ1) is 27.5. The minimum absolute atomic E-state index is 0.00673. The molecule has 13 heteroatoms. The standard InChI is InChI=1S/C21H27F2N3O6S2/c1-25(2)34(30,31)18-9-7-17(8-10-18)32-14-12-24-21(27)5-4-13-26(33(3,28)29)16-6-11-19(22)20(23)15-16/h6-11,15H,4-5,12-14H2,1-3H3,(H,24,27). The van der Waals surface area contributed by atoms with Gasteiger partial charge >= 0.3 is 0 Å². The van der Waals surface area contributed by atoms with Crippen molar-refractivity contribution in [1.29, 1.82) is 0 Å². The fourth-order valence-electron chi connectivity index (χ4n) is 2.88. The maximum Gasteiger partial charge on any atom is 0.242 e. The number of halogens is 2. The van der Waals surface area contributed by atoms with Gasteiger partial charge in [0.2, 0.25) is 26.0 Å². The molecule has 0 aliphatic carbocycles. The number of nitrogens with zero attached hydrogens (tertiary/aromatic N) is 2. The van der Waals surface area contributed by atoms with Gasteiger partial charge < -0.3 is 10.1 Å². The second kappa shape index (κ2) is 11.6. The number of sulfonamides is 2. The van der Waals surface area contributed by atoms with Crippen LogP contribution in [0.25, 0.3) is 0 Å². The third-order valence-electron chi connectivity index (χ3n) is 4.65. The molecule has 34 heavy (non-hydrogen) atoms. The number of ether oxygens (including phenoxy) is 1. The van der Waals surface area contributed by atoms with Gasteiger partial charge in [0.1, 0.15) is 12.4 Å². The molecule has 0 saturated carbocycles. The Morgan fingerprint density at radius 1 is 1.00 bits per heavy atom. The van der Waals surface area contributed by atoms with E-state index in [9.17, 15) is 30.4 Å². The van der Waals surface area contributed by atoms with Gasteiger partial charge in [-0.3, -0.25) is 9.10 Å². The Bertz CT molecular complexity index is 1200. The van der Waals surface area contributed by atoms with E-state index in [0.29, 0.717) is 5.75 Å². The van der Waals surface area contributed by atoms with Gasteiger partial charge in [0, 0.05) is 33.1 Å². The minimum atomic E-state index is -3.76. The SMILES string of the molecule is CN(C)S(=O)(=O)c1ccc(OCCNC(=O)CCCN(c2ccc(F)c(F)c2)S(C)(=O)=O)cc1. The molecule has 1 amide bonds. The molecule has 0 saturated heterocycles. The Hall–Kier alpha value is -2.77. The molecule has 0 unspecified atom stereocenters. The van der Waals surface area contributed by atoms with Crippen LogP contribution >= 0.6 is 0 Å². The third-order valence-corrected chi connectivity index (χ3v) is 7.68. The van der Waals surface area contributed by atoms with E-state index in [2.05, 4.69) is 5.32 Å². The Balaban J connectivity index is 1.78. The number of anilines is 1. The van der Waals surface area contributed by atoms with E-state index in [-0.39, 0.29) is 49.0 Å². The van der Waals surface area contributed by atoms with Crippen molar-refractivity contribution in [3.8, 4) is 5.75 Å². The van der Waals surface area contributed by atoms with Crippen molar-refractivity contribution in [2.45, 2.75) is 17.7 Å². The van der Waals surface area contributed by atoms with Gasteiger partial charge in [0.25, 0.3) is 0 Å². The average molecular weight is 520 g/mol. The summed E-state index contributed by atoms with van der Waals surface area (Å²) in [5, 5.41) is 2.63. The van der Waals surface area contributed by atoms with Gasteiger partial charge in [0.05, 0.1) is 23.4 Å². The number of hydrogen-bond acceptors (Lipinski definition) is 6. The molecule has 0 radical (unpaired) electrons. The quantitative estimate of drug-likeness (QED) is 0.429. The lowest BCUT2D eigenvalue weighted by atomic mass is 10.2. The van der Waals surface area contributed by atoms with E-state index < -0.39 is 31.7 Å². The Morgan fingerprint density at radius 3 is 2.21 bits per heavy atom. The number of amides is 1. The highest BCUT2D eigenvalue weighted by atomic mass is 32.2. The molecule has 2 rings (SSSR count). The summed E-state index contributed by atoms with van der Waals surface area (Å²) in [6.45, 7) is 0.224. The van der Waals surface area contributed by atoms with E-state index in [1.165, 1.54) is 38.4 Å². The highest BCUT2D eigenvalue weighted by molar-refractivity contribution is 7.92. The van der Waals surface area contributed by atoms with Crippen LogP contribution < -0.4 is 14.4 Å². The number of nitrogens with one attached hydrogen (secondary N) is 1. The highest BCUT2D eigenvalue weighted by Gasteiger charge is 2.19. The van der Waals surface area contributed by atoms with Crippen LogP contribution in [-0.2, 0) is 24.8 Å². The Morgan fingerprint density at radius 2 is 1.65 bits per heavy atom. The monoisotopic (exact) mass is 519 g/mol. The molecule has 188 valence electrons. The molecule has 0 aliphatic heterocycles. The molecule has 0 aromatic heterocycles. The fourth-order valence-corrected chi connectivity index (χ4v) is 4.74. The van der Waals surface area contributed by atoms with E-state index in [1.54, 1.807) is 0 Å². The van der Waals surface area contributed by atoms with Crippen LogP contribution in [0.3, 0.4) is 0 Å². The van der Waals surface area contributed by atoms with Gasteiger partial charge in [0.15, 0.2) is 11.6 Å². The zero-order valence-electron chi connectivity index (χ0n) is 19.0. The number of hydrogen-bond donors (Lipinski definition) is 1. The van der Waals surface area contributed by atoms with E-state index in [4.69, 9.17) is 4.74 Å². The molecule has 1 N–H and O–H groups in total. The van der Waals surface area contributed by atoms with Crippen LogP contribution in [-0.4, -0.2) is 67.1 Å². The second-order valence-electron chi connectivity index (χ2n) is 7.49. The van der Waals surface area contributed by atoms with Crippen LogP contribution in [0.5, 0.6) is 5.75 Å². The molecule has 0 fully saturated rings. The van der Waals surface area contributed by atoms with Gasteiger partial charge in [-0.25, -0.2) is 29.9 Å². The summed E-state index contributed by atoms with van der Waals surface area (Å²) < 4.78 is 82.2. The normalized spacial score (nSPS) is 11.9. The fraction of sp³-hybridized carbons (Fsp3) is 0.381. The zero-order valence-corrected chi connectivity index (χ0v) is 20.6. The largest absolute Gasteiger partial charge is 0.492 e. The van der Waals surface area contributed by atoms with Crippen LogP contribution in [0.15, 0.2) is 47.4 Å². The minimum Gasteiger partial charge on any atom is -0.492 e. The molecule has 0 spiro atoms. The molecular weight excluding hydrogens is 492 g/mol. The first-order valence-electron chi connectivity index (χ1n) is 10.2. The van der Waals surface area contributed by atoms with Crippen molar-refractivity contribution in [3.63, 3.8) is 0 Å². The third kappa shape index (κ3) is 7.64. The molecule has 0 heterocycles. The molecule has 0 aliphatic rings. The van der Waals surface area contributed by atoms with Crippen LogP contribution in [0.4, 0.5) is 14.5 Å². The molecule has 2 aromatic carbocycles. The maximum absolute atomic E-state index is 13.5. The van der Waals surface area contributed by atoms with Crippen LogP contribution in [0.2, 0.25) is 0 Å². The smallest absolute Gasteiger partial charge is 0.242 e. The lowest BCUT2D eigenvalue weighted by Gasteiger charge is -2.22. The first-order chi connectivity index (χ1) is 15.8. The number of carbonyl (C=O) groups excluding carboxylic acids is 1. The van der Waals surface area contributed by atoms with Gasteiger partial charge in [-0.1, -0.05) is 0 Å². The Kier molecular flexibility index (Phi) is 9.36. The van der Waals surface area contributed by atoms with Crippen molar-refractivity contribution in [3.05, 3.63) is 54.1 Å². The predicted octanol–water partition coefficient (Wildman–Crippen LogP) is 1.96. The van der Waals surface area contributed by atoms with E-state index in [1.807, 2.05) is 0 Å². The molecule has 0 bridgehead atoms. The highest BCUT2D eigenvalue weighted by Crippen LogP contribution is 2.21. The summed E-state index contributed by atoms with van der Waals surface area (Å²) in [6.07, 6.45) is 1.10. The van der Waals surface area contributed by atoms with Gasteiger partial charge in [-0.2, -0.15) is 0 Å². The van der Waals surface area contributed by atoms with Crippen molar-refractivity contribution in [2.24, 2.45) is 0 Å². The average Bonchev–Trinajstić information content (AvgIpc) is 2.75. The zero-order chi connectivity index (χ0) is 25.5. The predicted molar refractivity (Wildman–Crippen MR) is 124 cm³/mol. The number of rotatable bonds is 12. The van der Waals surface area contributed by atoms with Crippen LogP contribution in [0.1, 0.15) is 12.8 Å². The lowest BCUT2D eigenvalue weighted by molar-refractivity contribution is -0.121. The first-order valence-corrected chi connectivity index (χ1v) is 13.5. The Labute approximate surface area is 198 Å². The summed E-state index contributed by atoms with van der Waals surface area (Å²) in [5.74, 6) is -2.16. The number of carbonyl (C=O) groups is 1. The summed E-state index contributed by atoms with van der Waals surface area (Å²) >= 11 is 0. The summed E-state index contributed by atoms with van der Waals surface area (Å²) in [5.41, 5.74) is -0.0281. The topological polar surface area (TPSA) is 113 Å². The summed E-state index contributed by atoms with van der Waals surface area (Å²) in [4.78, 5) is 12.2.